The summed E-state index contributed by atoms with van der Waals surface area (Å²) >= 11 is 0. The van der Waals surface area contributed by atoms with E-state index in [9.17, 15) is 14.4 Å². The Hall–Kier alpha value is -3.85. The van der Waals surface area contributed by atoms with E-state index < -0.39 is 23.6 Å². The van der Waals surface area contributed by atoms with Crippen LogP contribution in [0.4, 0.5) is 0 Å². The summed E-state index contributed by atoms with van der Waals surface area (Å²) in [7, 11) is 2.12. The Morgan fingerprint density at radius 2 is 1.82 bits per heavy atom. The van der Waals surface area contributed by atoms with E-state index in [4.69, 9.17) is 10.8 Å². The molecule has 0 bridgehead atoms. The van der Waals surface area contributed by atoms with Crippen molar-refractivity contribution in [1.82, 2.24) is 25.0 Å². The van der Waals surface area contributed by atoms with Crippen LogP contribution in [0.2, 0.25) is 0 Å². The third kappa shape index (κ3) is 5.37. The lowest BCUT2D eigenvalue weighted by Crippen LogP contribution is -2.34. The molecule has 1 aliphatic rings. The van der Waals surface area contributed by atoms with Crippen LogP contribution in [0.5, 0.6) is 0 Å². The number of pyridine rings is 1. The molecule has 9 nitrogen and oxygen atoms in total. The molecule has 0 radical (unpaired) electrons. The van der Waals surface area contributed by atoms with Crippen LogP contribution in [0.15, 0.2) is 60.9 Å². The molecule has 3 aromatic rings. The van der Waals surface area contributed by atoms with Gasteiger partial charge in [0.1, 0.15) is 0 Å². The van der Waals surface area contributed by atoms with Gasteiger partial charge >= 0.3 is 0 Å². The Bertz CT molecular complexity index is 1170. The second kappa shape index (κ2) is 10.4. The van der Waals surface area contributed by atoms with Gasteiger partial charge in [-0.25, -0.2) is 9.67 Å². The molecular weight excluding hydrogens is 432 g/mol. The van der Waals surface area contributed by atoms with E-state index >= 15 is 0 Å². The van der Waals surface area contributed by atoms with Crippen LogP contribution in [0, 0.1) is 0 Å². The third-order valence-corrected chi connectivity index (χ3v) is 6.17. The lowest BCUT2D eigenvalue weighted by molar-refractivity contribution is -0.136. The van der Waals surface area contributed by atoms with Gasteiger partial charge in [0.25, 0.3) is 11.8 Å². The van der Waals surface area contributed by atoms with Gasteiger partial charge in [-0.2, -0.15) is 5.10 Å². The van der Waals surface area contributed by atoms with Crippen LogP contribution in [-0.4, -0.2) is 57.4 Å². The van der Waals surface area contributed by atoms with Crippen LogP contribution in [0.1, 0.15) is 52.8 Å². The largest absolute Gasteiger partial charge is 0.363 e. The summed E-state index contributed by atoms with van der Waals surface area (Å²) in [5.41, 5.74) is 7.14. The summed E-state index contributed by atoms with van der Waals surface area (Å²) in [4.78, 5) is 43.4. The van der Waals surface area contributed by atoms with Gasteiger partial charge in [0, 0.05) is 24.7 Å². The van der Waals surface area contributed by atoms with Crippen molar-refractivity contribution >= 4 is 17.6 Å². The van der Waals surface area contributed by atoms with Gasteiger partial charge in [0.15, 0.2) is 5.82 Å². The van der Waals surface area contributed by atoms with Gasteiger partial charge in [0.2, 0.25) is 5.78 Å². The Morgan fingerprint density at radius 3 is 2.53 bits per heavy atom. The summed E-state index contributed by atoms with van der Waals surface area (Å²) in [6.07, 6.45) is 5.26. The molecule has 1 saturated heterocycles. The number of aromatic nitrogens is 3. The fourth-order valence-corrected chi connectivity index (χ4v) is 4.19. The Balaban J connectivity index is 1.57. The number of hydrogen-bond acceptors (Lipinski definition) is 6. The second-order valence-electron chi connectivity index (χ2n) is 8.57. The third-order valence-electron chi connectivity index (χ3n) is 6.17. The number of amides is 2. The van der Waals surface area contributed by atoms with Gasteiger partial charge in [-0.1, -0.05) is 30.3 Å². The van der Waals surface area contributed by atoms with Crippen molar-refractivity contribution in [2.75, 3.05) is 20.1 Å². The summed E-state index contributed by atoms with van der Waals surface area (Å²) in [5.74, 6) is -1.44. The average Bonchev–Trinajstić information content (AvgIpc) is 3.34. The number of carbonyl (C=O) groups is 3. The topological polar surface area (TPSA) is 123 Å². The number of nitrogens with two attached hydrogens (primary N) is 1. The van der Waals surface area contributed by atoms with Crippen LogP contribution >= 0.6 is 0 Å². The number of nitrogens with one attached hydrogen (secondary N) is 1. The highest BCUT2D eigenvalue weighted by atomic mass is 16.2. The number of primary amides is 1. The van der Waals surface area contributed by atoms with Crippen molar-refractivity contribution in [1.29, 1.82) is 0 Å². The van der Waals surface area contributed by atoms with E-state index in [1.54, 1.807) is 47.3 Å². The summed E-state index contributed by atoms with van der Waals surface area (Å²) < 4.78 is 1.62. The van der Waals surface area contributed by atoms with E-state index in [0.29, 0.717) is 22.9 Å². The Morgan fingerprint density at radius 1 is 1.09 bits per heavy atom. The van der Waals surface area contributed by atoms with Crippen molar-refractivity contribution in [3.05, 3.63) is 77.7 Å². The highest BCUT2D eigenvalue weighted by Crippen LogP contribution is 2.27. The SMILES string of the molecule is CN1CCC(c2ccn(-c3ncccc3C(=O)NC(CC(=O)C(N)=O)c3ccccc3)n2)CC1. The molecule has 0 saturated carbocycles. The van der Waals surface area contributed by atoms with Crippen LogP contribution in [0.3, 0.4) is 0 Å². The number of ketones is 1. The zero-order valence-corrected chi connectivity index (χ0v) is 19.1. The molecule has 1 aromatic carbocycles. The molecule has 2 amide bonds. The number of likely N-dealkylation sites (tertiary alicyclic amines) is 1. The number of hydrogen-bond donors (Lipinski definition) is 2. The number of rotatable bonds is 8. The monoisotopic (exact) mass is 460 g/mol. The molecule has 9 heteroatoms. The van der Waals surface area contributed by atoms with Crippen molar-refractivity contribution in [2.24, 2.45) is 5.73 Å². The van der Waals surface area contributed by atoms with E-state index in [0.717, 1.165) is 31.6 Å². The molecule has 3 heterocycles. The first kappa shape index (κ1) is 23.3. The minimum atomic E-state index is -1.03. The molecule has 1 unspecified atom stereocenters. The summed E-state index contributed by atoms with van der Waals surface area (Å²) in [5, 5.41) is 7.59. The van der Waals surface area contributed by atoms with E-state index in [1.807, 2.05) is 18.3 Å². The molecule has 0 spiro atoms. The number of carbonyl (C=O) groups excluding carboxylic acids is 3. The second-order valence-corrected chi connectivity index (χ2v) is 8.57. The molecular formula is C25H28N6O3. The molecule has 0 aliphatic carbocycles. The van der Waals surface area contributed by atoms with Crippen molar-refractivity contribution in [3.8, 4) is 5.82 Å². The van der Waals surface area contributed by atoms with Crippen LogP contribution < -0.4 is 11.1 Å². The average molecular weight is 461 g/mol. The van der Waals surface area contributed by atoms with Crippen molar-refractivity contribution in [2.45, 2.75) is 31.2 Å². The lowest BCUT2D eigenvalue weighted by atomic mass is 9.94. The highest BCUT2D eigenvalue weighted by Gasteiger charge is 2.25. The van der Waals surface area contributed by atoms with Gasteiger partial charge in [-0.15, -0.1) is 0 Å². The smallest absolute Gasteiger partial charge is 0.284 e. The van der Waals surface area contributed by atoms with Gasteiger partial charge in [-0.3, -0.25) is 14.4 Å². The first-order chi connectivity index (χ1) is 16.4. The molecule has 3 N–H and O–H groups in total. The quantitative estimate of drug-likeness (QED) is 0.496. The zero-order valence-electron chi connectivity index (χ0n) is 19.1. The van der Waals surface area contributed by atoms with E-state index in [2.05, 4.69) is 22.2 Å². The van der Waals surface area contributed by atoms with Gasteiger partial charge < -0.3 is 16.0 Å². The van der Waals surface area contributed by atoms with E-state index in [1.165, 1.54) is 0 Å². The Labute approximate surface area is 198 Å². The fraction of sp³-hybridized carbons (Fsp3) is 0.320. The molecule has 176 valence electrons. The minimum absolute atomic E-state index is 0.233. The predicted octanol–water partition coefficient (Wildman–Crippen LogP) is 1.99. The number of nitrogens with zero attached hydrogens (tertiary/aromatic N) is 4. The fourth-order valence-electron chi connectivity index (χ4n) is 4.19. The summed E-state index contributed by atoms with van der Waals surface area (Å²) in [6.45, 7) is 2.05. The van der Waals surface area contributed by atoms with E-state index in [-0.39, 0.29) is 6.42 Å². The zero-order chi connectivity index (χ0) is 24.1. The first-order valence-corrected chi connectivity index (χ1v) is 11.3. The molecule has 2 aromatic heterocycles. The van der Waals surface area contributed by atoms with Gasteiger partial charge in [0.05, 0.1) is 17.3 Å². The molecule has 1 atom stereocenters. The standard InChI is InChI=1S/C25H28N6O3/c1-30-13-9-18(10-14-30)20-11-15-31(29-20)24-19(8-5-12-27-24)25(34)28-21(16-22(32)23(26)33)17-6-3-2-4-7-17/h2-8,11-12,15,18,21H,9-10,13-14,16H2,1H3,(H2,26,33)(H,28,34). The molecule has 4 rings (SSSR count). The maximum absolute atomic E-state index is 13.3. The minimum Gasteiger partial charge on any atom is -0.363 e. The highest BCUT2D eigenvalue weighted by molar-refractivity contribution is 6.35. The van der Waals surface area contributed by atoms with Gasteiger partial charge in [-0.05, 0) is 56.7 Å². The molecule has 1 fully saturated rings. The Kier molecular flexibility index (Phi) is 7.12. The van der Waals surface area contributed by atoms with Crippen LogP contribution in [0.25, 0.3) is 5.82 Å². The molecule has 1 aliphatic heterocycles. The van der Waals surface area contributed by atoms with Crippen molar-refractivity contribution in [3.63, 3.8) is 0 Å². The summed E-state index contributed by atoms with van der Waals surface area (Å²) in [6, 6.07) is 13.6. The normalized spacial score (nSPS) is 15.6. The number of Topliss-reactive ketones (excluding diaryl/α,β-unsaturated/α-hetero) is 1. The maximum Gasteiger partial charge on any atom is 0.284 e. The first-order valence-electron chi connectivity index (χ1n) is 11.3. The lowest BCUT2D eigenvalue weighted by Gasteiger charge is -2.27. The van der Waals surface area contributed by atoms with Crippen molar-refractivity contribution < 1.29 is 14.4 Å². The molecule has 34 heavy (non-hydrogen) atoms. The van der Waals surface area contributed by atoms with Crippen LogP contribution in [-0.2, 0) is 9.59 Å². The predicted molar refractivity (Wildman–Crippen MR) is 126 cm³/mol. The maximum atomic E-state index is 13.3. The number of benzene rings is 1. The number of piperidine rings is 1.